The maximum atomic E-state index is 11.0. The van der Waals surface area contributed by atoms with Crippen LogP contribution in [0.1, 0.15) is 12.8 Å². The number of nitrogens with zero attached hydrogens (tertiary/aromatic N) is 1. The molecule has 2 saturated heterocycles. The van der Waals surface area contributed by atoms with Gasteiger partial charge in [0.15, 0.2) is 0 Å². The van der Waals surface area contributed by atoms with Crippen molar-refractivity contribution in [3.8, 4) is 0 Å². The van der Waals surface area contributed by atoms with Gasteiger partial charge in [-0.2, -0.15) is 0 Å². The predicted molar refractivity (Wildman–Crippen MR) is 58.1 cm³/mol. The Balaban J connectivity index is 1.73. The maximum Gasteiger partial charge on any atom is 0.235 e. The number of nitrogens with one attached hydrogen (secondary N) is 1. The highest BCUT2D eigenvalue weighted by Gasteiger charge is 2.32. The highest BCUT2D eigenvalue weighted by Crippen LogP contribution is 2.22. The number of carbonyl (C=O) groups is 1. The van der Waals surface area contributed by atoms with Gasteiger partial charge in [0.25, 0.3) is 0 Å². The first-order valence-electron chi connectivity index (χ1n) is 5.48. The SMILES string of the molecule is O=C(CCl)NCC1CN2CCCC2CO1. The molecule has 0 aromatic rings. The summed E-state index contributed by atoms with van der Waals surface area (Å²) in [5, 5.41) is 2.76. The largest absolute Gasteiger partial charge is 0.373 e. The molecule has 0 aromatic heterocycles. The lowest BCUT2D eigenvalue weighted by atomic mass is 10.2. The van der Waals surface area contributed by atoms with Gasteiger partial charge in [-0.1, -0.05) is 0 Å². The molecule has 2 fully saturated rings. The van der Waals surface area contributed by atoms with Crippen LogP contribution >= 0.6 is 11.6 Å². The van der Waals surface area contributed by atoms with E-state index in [-0.39, 0.29) is 17.9 Å². The number of alkyl halides is 1. The maximum absolute atomic E-state index is 11.0. The third-order valence-corrected chi connectivity index (χ3v) is 3.35. The van der Waals surface area contributed by atoms with Crippen LogP contribution in [0, 0.1) is 0 Å². The second-order valence-corrected chi connectivity index (χ2v) is 4.45. The fraction of sp³-hybridized carbons (Fsp3) is 0.900. The molecule has 5 heteroatoms. The highest BCUT2D eigenvalue weighted by molar-refractivity contribution is 6.27. The standard InChI is InChI=1S/C10H17ClN2O2/c11-4-10(14)12-5-9-6-13-3-1-2-8(13)7-15-9/h8-9H,1-7H2,(H,12,14). The second-order valence-electron chi connectivity index (χ2n) is 4.18. The van der Waals surface area contributed by atoms with Crippen molar-refractivity contribution in [2.24, 2.45) is 0 Å². The van der Waals surface area contributed by atoms with Crippen molar-refractivity contribution in [1.29, 1.82) is 0 Å². The van der Waals surface area contributed by atoms with Gasteiger partial charge in [-0.3, -0.25) is 9.69 Å². The van der Waals surface area contributed by atoms with Gasteiger partial charge in [-0.25, -0.2) is 0 Å². The van der Waals surface area contributed by atoms with Gasteiger partial charge in [0.1, 0.15) is 5.88 Å². The molecule has 0 saturated carbocycles. The third kappa shape index (κ3) is 2.83. The van der Waals surface area contributed by atoms with E-state index < -0.39 is 0 Å². The van der Waals surface area contributed by atoms with E-state index in [1.165, 1.54) is 19.4 Å². The fourth-order valence-corrected chi connectivity index (χ4v) is 2.38. The Morgan fingerprint density at radius 2 is 2.47 bits per heavy atom. The average Bonchev–Trinajstić information content (AvgIpc) is 2.72. The zero-order chi connectivity index (χ0) is 10.7. The van der Waals surface area contributed by atoms with Crippen molar-refractivity contribution in [2.45, 2.75) is 25.0 Å². The molecule has 1 N–H and O–H groups in total. The van der Waals surface area contributed by atoms with Crippen LogP contribution in [0.2, 0.25) is 0 Å². The Kier molecular flexibility index (Phi) is 3.83. The molecule has 0 aliphatic carbocycles. The summed E-state index contributed by atoms with van der Waals surface area (Å²) in [7, 11) is 0. The monoisotopic (exact) mass is 232 g/mol. The number of hydrogen-bond acceptors (Lipinski definition) is 3. The van der Waals surface area contributed by atoms with E-state index in [4.69, 9.17) is 16.3 Å². The number of amides is 1. The molecule has 0 aromatic carbocycles. The molecule has 0 spiro atoms. The van der Waals surface area contributed by atoms with Crippen LogP contribution in [0.5, 0.6) is 0 Å². The molecule has 2 aliphatic rings. The van der Waals surface area contributed by atoms with Gasteiger partial charge in [0.05, 0.1) is 12.7 Å². The smallest absolute Gasteiger partial charge is 0.235 e. The number of halogens is 1. The van der Waals surface area contributed by atoms with Crippen molar-refractivity contribution < 1.29 is 9.53 Å². The summed E-state index contributed by atoms with van der Waals surface area (Å²) in [5.74, 6) is -0.0946. The summed E-state index contributed by atoms with van der Waals surface area (Å²) in [6, 6.07) is 0.616. The molecule has 2 atom stereocenters. The number of ether oxygens (including phenoxy) is 1. The lowest BCUT2D eigenvalue weighted by molar-refractivity contribution is -0.120. The van der Waals surface area contributed by atoms with Crippen LogP contribution in [-0.2, 0) is 9.53 Å². The van der Waals surface area contributed by atoms with Crippen LogP contribution in [-0.4, -0.2) is 55.1 Å². The first-order chi connectivity index (χ1) is 7.29. The number of rotatable bonds is 3. The zero-order valence-corrected chi connectivity index (χ0v) is 9.50. The summed E-state index contributed by atoms with van der Waals surface area (Å²) in [6.45, 7) is 3.50. The highest BCUT2D eigenvalue weighted by atomic mass is 35.5. The van der Waals surface area contributed by atoms with Gasteiger partial charge >= 0.3 is 0 Å². The lowest BCUT2D eigenvalue weighted by Gasteiger charge is -2.35. The van der Waals surface area contributed by atoms with Crippen LogP contribution in [0.25, 0.3) is 0 Å². The van der Waals surface area contributed by atoms with E-state index >= 15 is 0 Å². The van der Waals surface area contributed by atoms with Crippen molar-refractivity contribution >= 4 is 17.5 Å². The summed E-state index contributed by atoms with van der Waals surface area (Å²) in [6.07, 6.45) is 2.65. The van der Waals surface area contributed by atoms with Gasteiger partial charge in [-0.15, -0.1) is 11.6 Å². The normalized spacial score (nSPS) is 31.3. The van der Waals surface area contributed by atoms with Gasteiger partial charge in [0.2, 0.25) is 5.91 Å². The van der Waals surface area contributed by atoms with E-state index in [1.54, 1.807) is 0 Å². The Hall–Kier alpha value is -0.320. The number of fused-ring (bicyclic) bond motifs is 1. The van der Waals surface area contributed by atoms with Crippen molar-refractivity contribution in [3.05, 3.63) is 0 Å². The Morgan fingerprint density at radius 3 is 3.27 bits per heavy atom. The molecule has 4 nitrogen and oxygen atoms in total. The molecule has 1 amide bonds. The predicted octanol–water partition coefficient (Wildman–Crippen LogP) is 0.205. The third-order valence-electron chi connectivity index (χ3n) is 3.11. The van der Waals surface area contributed by atoms with Gasteiger partial charge in [-0.05, 0) is 19.4 Å². The molecule has 86 valence electrons. The van der Waals surface area contributed by atoms with E-state index in [0.29, 0.717) is 12.6 Å². The number of hydrogen-bond donors (Lipinski definition) is 1. The van der Waals surface area contributed by atoms with E-state index in [0.717, 1.165) is 13.2 Å². The zero-order valence-electron chi connectivity index (χ0n) is 8.75. The van der Waals surface area contributed by atoms with Crippen molar-refractivity contribution in [3.63, 3.8) is 0 Å². The minimum absolute atomic E-state index is 0.0268. The van der Waals surface area contributed by atoms with Crippen LogP contribution in [0.4, 0.5) is 0 Å². The Labute approximate surface area is 94.9 Å². The minimum Gasteiger partial charge on any atom is -0.373 e. The Morgan fingerprint density at radius 1 is 1.60 bits per heavy atom. The van der Waals surface area contributed by atoms with Gasteiger partial charge in [0, 0.05) is 19.1 Å². The quantitative estimate of drug-likeness (QED) is 0.708. The van der Waals surface area contributed by atoms with Crippen LogP contribution < -0.4 is 5.32 Å². The summed E-state index contributed by atoms with van der Waals surface area (Å²) >= 11 is 5.40. The summed E-state index contributed by atoms with van der Waals surface area (Å²) in [4.78, 5) is 13.4. The van der Waals surface area contributed by atoms with Crippen molar-refractivity contribution in [2.75, 3.05) is 32.1 Å². The molecule has 2 rings (SSSR count). The first-order valence-corrected chi connectivity index (χ1v) is 6.01. The number of morpholine rings is 1. The van der Waals surface area contributed by atoms with E-state index in [2.05, 4.69) is 10.2 Å². The lowest BCUT2D eigenvalue weighted by Crippen LogP contribution is -2.50. The summed E-state index contributed by atoms with van der Waals surface area (Å²) < 4.78 is 5.69. The molecular formula is C10H17ClN2O2. The Bertz CT molecular complexity index is 237. The molecule has 2 heterocycles. The van der Waals surface area contributed by atoms with Gasteiger partial charge < -0.3 is 10.1 Å². The fourth-order valence-electron chi connectivity index (χ4n) is 2.28. The van der Waals surface area contributed by atoms with E-state index in [9.17, 15) is 4.79 Å². The molecule has 2 aliphatic heterocycles. The molecule has 15 heavy (non-hydrogen) atoms. The molecule has 0 radical (unpaired) electrons. The molecular weight excluding hydrogens is 216 g/mol. The average molecular weight is 233 g/mol. The van der Waals surface area contributed by atoms with Crippen molar-refractivity contribution in [1.82, 2.24) is 10.2 Å². The van der Waals surface area contributed by atoms with Crippen LogP contribution in [0.15, 0.2) is 0 Å². The molecule has 0 bridgehead atoms. The second kappa shape index (κ2) is 5.14. The first kappa shape index (κ1) is 11.2. The van der Waals surface area contributed by atoms with Crippen LogP contribution in [0.3, 0.4) is 0 Å². The summed E-state index contributed by atoms with van der Waals surface area (Å²) in [5.41, 5.74) is 0. The number of carbonyl (C=O) groups excluding carboxylic acids is 1. The molecule has 2 unspecified atom stereocenters. The van der Waals surface area contributed by atoms with E-state index in [1.807, 2.05) is 0 Å². The minimum atomic E-state index is -0.121. The topological polar surface area (TPSA) is 41.6 Å².